The molecule has 4 aromatic rings. The second-order valence-corrected chi connectivity index (χ2v) is 6.93. The maximum atomic E-state index is 12.8. The number of furan rings is 1. The zero-order chi connectivity index (χ0) is 22.7. The molecule has 2 aromatic heterocycles. The normalized spacial score (nSPS) is 10.7. The molecule has 32 heavy (non-hydrogen) atoms. The number of fused-ring (bicyclic) bond motifs is 1. The molecule has 1 amide bonds. The van der Waals surface area contributed by atoms with Gasteiger partial charge in [-0.1, -0.05) is 24.3 Å². The predicted octanol–water partition coefficient (Wildman–Crippen LogP) is 4.51. The van der Waals surface area contributed by atoms with E-state index in [1.165, 1.54) is 24.5 Å². The van der Waals surface area contributed by atoms with Crippen molar-refractivity contribution < 1.29 is 23.7 Å². The van der Waals surface area contributed by atoms with Crippen LogP contribution in [0.25, 0.3) is 22.4 Å². The van der Waals surface area contributed by atoms with E-state index < -0.39 is 23.4 Å². The summed E-state index contributed by atoms with van der Waals surface area (Å²) in [5, 5.41) is 14.1. The molecule has 0 bridgehead atoms. The van der Waals surface area contributed by atoms with Gasteiger partial charge in [-0.2, -0.15) is 0 Å². The van der Waals surface area contributed by atoms with Crippen LogP contribution in [0.3, 0.4) is 0 Å². The molecule has 2 heterocycles. The van der Waals surface area contributed by atoms with Crippen molar-refractivity contribution in [1.82, 2.24) is 4.98 Å². The average Bonchev–Trinajstić information content (AvgIpc) is 3.33. The summed E-state index contributed by atoms with van der Waals surface area (Å²) in [7, 11) is 0. The van der Waals surface area contributed by atoms with Gasteiger partial charge in [-0.25, -0.2) is 9.78 Å². The van der Waals surface area contributed by atoms with Gasteiger partial charge in [-0.15, -0.1) is 0 Å². The zero-order valence-electron chi connectivity index (χ0n) is 16.9. The molecule has 0 unspecified atom stereocenters. The van der Waals surface area contributed by atoms with E-state index in [2.05, 4.69) is 10.3 Å². The Kier molecular flexibility index (Phi) is 5.63. The van der Waals surface area contributed by atoms with Crippen LogP contribution in [0.15, 0.2) is 71.3 Å². The summed E-state index contributed by atoms with van der Waals surface area (Å²) in [5.74, 6) is -0.836. The number of hydrogen-bond acceptors (Lipinski definition) is 7. The van der Waals surface area contributed by atoms with Crippen LogP contribution in [-0.4, -0.2) is 28.4 Å². The van der Waals surface area contributed by atoms with E-state index in [-0.39, 0.29) is 16.9 Å². The summed E-state index contributed by atoms with van der Waals surface area (Å²) >= 11 is 0. The van der Waals surface area contributed by atoms with Crippen LogP contribution in [0.4, 0.5) is 11.4 Å². The highest BCUT2D eigenvalue weighted by Gasteiger charge is 2.18. The van der Waals surface area contributed by atoms with Crippen molar-refractivity contribution in [3.63, 3.8) is 0 Å². The molecule has 0 spiro atoms. The molecule has 9 nitrogen and oxygen atoms in total. The van der Waals surface area contributed by atoms with Gasteiger partial charge in [0.15, 0.2) is 12.4 Å². The van der Waals surface area contributed by atoms with Crippen molar-refractivity contribution in [3.05, 3.63) is 88.2 Å². The first-order valence-electron chi connectivity index (χ1n) is 9.58. The summed E-state index contributed by atoms with van der Waals surface area (Å²) in [5.41, 5.74) is 2.02. The lowest BCUT2D eigenvalue weighted by atomic mass is 10.1. The molecule has 160 valence electrons. The van der Waals surface area contributed by atoms with Crippen LogP contribution in [0.5, 0.6) is 0 Å². The molecule has 2 aromatic carbocycles. The fraction of sp³-hybridized carbons (Fsp3) is 0.0870. The lowest BCUT2D eigenvalue weighted by Crippen LogP contribution is -2.21. The van der Waals surface area contributed by atoms with Crippen molar-refractivity contribution >= 4 is 34.2 Å². The summed E-state index contributed by atoms with van der Waals surface area (Å²) < 4.78 is 10.6. The number of carbonyl (C=O) groups is 2. The Hall–Kier alpha value is -4.53. The summed E-state index contributed by atoms with van der Waals surface area (Å²) in [4.78, 5) is 40.0. The van der Waals surface area contributed by atoms with Gasteiger partial charge in [0, 0.05) is 17.5 Å². The van der Waals surface area contributed by atoms with Crippen molar-refractivity contribution in [2.75, 3.05) is 11.9 Å². The summed E-state index contributed by atoms with van der Waals surface area (Å²) in [6.07, 6.45) is 1.50. The molecular weight excluding hydrogens is 414 g/mol. The Morgan fingerprint density at radius 2 is 1.94 bits per heavy atom. The Labute approximate surface area is 181 Å². The molecule has 0 aliphatic carbocycles. The molecule has 4 rings (SSSR count). The number of pyridine rings is 1. The van der Waals surface area contributed by atoms with E-state index >= 15 is 0 Å². The van der Waals surface area contributed by atoms with Gasteiger partial charge < -0.3 is 14.5 Å². The molecule has 9 heteroatoms. The highest BCUT2D eigenvalue weighted by atomic mass is 16.6. The van der Waals surface area contributed by atoms with Gasteiger partial charge in [-0.05, 0) is 36.8 Å². The van der Waals surface area contributed by atoms with Crippen molar-refractivity contribution in [2.45, 2.75) is 6.92 Å². The molecule has 1 N–H and O–H groups in total. The standard InChI is InChI=1S/C23H17N3O6/c1-14-8-9-15(26(29)30)11-19(14)25-22(27)13-32-23(28)17-12-20(21-7-4-10-31-21)24-18-6-3-2-5-16(17)18/h2-12H,13H2,1H3,(H,25,27). The SMILES string of the molecule is Cc1ccc([N+](=O)[O-])cc1NC(=O)COC(=O)c1cc(-c2ccco2)nc2ccccc12. The second kappa shape index (κ2) is 8.68. The minimum absolute atomic E-state index is 0.156. The lowest BCUT2D eigenvalue weighted by Gasteiger charge is -2.10. The van der Waals surface area contributed by atoms with Crippen LogP contribution in [-0.2, 0) is 9.53 Å². The van der Waals surface area contributed by atoms with E-state index in [4.69, 9.17) is 9.15 Å². The number of nitro groups is 1. The van der Waals surface area contributed by atoms with E-state index in [1.807, 2.05) is 0 Å². The third-order valence-electron chi connectivity index (χ3n) is 4.75. The van der Waals surface area contributed by atoms with Gasteiger partial charge in [0.1, 0.15) is 5.69 Å². The molecule has 0 atom stereocenters. The summed E-state index contributed by atoms with van der Waals surface area (Å²) in [6, 6.07) is 16.2. The Morgan fingerprint density at radius 1 is 1.12 bits per heavy atom. The fourth-order valence-corrected chi connectivity index (χ4v) is 3.15. The molecule has 0 saturated heterocycles. The number of nitrogens with zero attached hydrogens (tertiary/aromatic N) is 2. The number of benzene rings is 2. The van der Waals surface area contributed by atoms with Crippen molar-refractivity contribution in [3.8, 4) is 11.5 Å². The van der Waals surface area contributed by atoms with E-state index in [1.54, 1.807) is 49.4 Å². The topological polar surface area (TPSA) is 125 Å². The third kappa shape index (κ3) is 4.31. The highest BCUT2D eigenvalue weighted by molar-refractivity contribution is 6.05. The number of non-ortho nitro benzene ring substituents is 1. The number of aryl methyl sites for hydroxylation is 1. The first kappa shape index (κ1) is 20.7. The average molecular weight is 431 g/mol. The maximum Gasteiger partial charge on any atom is 0.339 e. The van der Waals surface area contributed by atoms with Crippen molar-refractivity contribution in [1.29, 1.82) is 0 Å². The van der Waals surface area contributed by atoms with Gasteiger partial charge >= 0.3 is 5.97 Å². The number of anilines is 1. The van der Waals surface area contributed by atoms with Crippen LogP contribution >= 0.6 is 0 Å². The molecule has 0 saturated carbocycles. The van der Waals surface area contributed by atoms with Crippen LogP contribution < -0.4 is 5.32 Å². The number of carbonyl (C=O) groups excluding carboxylic acids is 2. The maximum absolute atomic E-state index is 12.8. The van der Waals surface area contributed by atoms with Crippen LogP contribution in [0.2, 0.25) is 0 Å². The molecule has 0 aliphatic heterocycles. The van der Waals surface area contributed by atoms with Crippen LogP contribution in [0.1, 0.15) is 15.9 Å². The van der Waals surface area contributed by atoms with Gasteiger partial charge in [-0.3, -0.25) is 14.9 Å². The minimum atomic E-state index is -0.706. The smallest absolute Gasteiger partial charge is 0.339 e. The molecular formula is C23H17N3O6. The van der Waals surface area contributed by atoms with Gasteiger partial charge in [0.2, 0.25) is 0 Å². The van der Waals surface area contributed by atoms with Crippen molar-refractivity contribution in [2.24, 2.45) is 0 Å². The van der Waals surface area contributed by atoms with E-state index in [0.717, 1.165) is 0 Å². The Morgan fingerprint density at radius 3 is 2.69 bits per heavy atom. The van der Waals surface area contributed by atoms with Crippen LogP contribution in [0, 0.1) is 17.0 Å². The second-order valence-electron chi connectivity index (χ2n) is 6.93. The largest absolute Gasteiger partial charge is 0.463 e. The number of amides is 1. The third-order valence-corrected chi connectivity index (χ3v) is 4.75. The predicted molar refractivity (Wildman–Crippen MR) is 116 cm³/mol. The number of nitro benzene ring substituents is 1. The number of ether oxygens (including phenoxy) is 1. The molecule has 0 fully saturated rings. The quantitative estimate of drug-likeness (QED) is 0.271. The summed E-state index contributed by atoms with van der Waals surface area (Å²) in [6.45, 7) is 1.14. The Balaban J connectivity index is 1.53. The number of rotatable bonds is 6. The highest BCUT2D eigenvalue weighted by Crippen LogP contribution is 2.26. The minimum Gasteiger partial charge on any atom is -0.463 e. The number of hydrogen-bond donors (Lipinski definition) is 1. The lowest BCUT2D eigenvalue weighted by molar-refractivity contribution is -0.384. The Bertz CT molecular complexity index is 1330. The first-order chi connectivity index (χ1) is 15.4. The van der Waals surface area contributed by atoms with E-state index in [0.29, 0.717) is 27.9 Å². The monoisotopic (exact) mass is 431 g/mol. The number of nitrogens with one attached hydrogen (secondary N) is 1. The molecule has 0 radical (unpaired) electrons. The van der Waals surface area contributed by atoms with Gasteiger partial charge in [0.25, 0.3) is 11.6 Å². The van der Waals surface area contributed by atoms with E-state index in [9.17, 15) is 19.7 Å². The number of para-hydroxylation sites is 1. The number of esters is 1. The molecule has 0 aliphatic rings. The van der Waals surface area contributed by atoms with Gasteiger partial charge in [0.05, 0.1) is 28.0 Å². The fourth-order valence-electron chi connectivity index (χ4n) is 3.15. The first-order valence-corrected chi connectivity index (χ1v) is 9.58. The number of aromatic nitrogens is 1. The zero-order valence-corrected chi connectivity index (χ0v) is 16.9.